The van der Waals surface area contributed by atoms with E-state index in [4.69, 9.17) is 9.98 Å². The van der Waals surface area contributed by atoms with Crippen LogP contribution in [0.1, 0.15) is 33.6 Å². The molecule has 5 heterocycles. The van der Waals surface area contributed by atoms with E-state index in [1.165, 1.54) is 0 Å². The Kier molecular flexibility index (Phi) is 7.18. The Bertz CT molecular complexity index is 2590. The van der Waals surface area contributed by atoms with Crippen LogP contribution in [0.25, 0.3) is 17.2 Å². The number of hydrogen-bond acceptors (Lipinski definition) is 6. The molecule has 0 aliphatic carbocycles. The van der Waals surface area contributed by atoms with E-state index in [1.807, 2.05) is 85.0 Å². The van der Waals surface area contributed by atoms with Gasteiger partial charge >= 0.3 is 0 Å². The van der Waals surface area contributed by atoms with Crippen LogP contribution < -0.4 is 10.7 Å². The molecule has 3 aliphatic heterocycles. The minimum atomic E-state index is -0.978. The number of nitrogens with zero attached hydrogens (tertiary/aromatic N) is 2. The Hall–Kier alpha value is -7.06. The maximum atomic E-state index is 10.4. The normalized spacial score (nSPS) is 17.2. The average molecular weight is 681 g/mol. The number of rotatable bonds is 4. The van der Waals surface area contributed by atoms with Crippen LogP contribution in [0.3, 0.4) is 0 Å². The van der Waals surface area contributed by atoms with Gasteiger partial charge in [-0.05, 0) is 119 Å². The molecule has 1 atom stereocenters. The third kappa shape index (κ3) is 5.16. The van der Waals surface area contributed by atoms with Crippen molar-refractivity contribution in [2.24, 2.45) is 9.98 Å². The van der Waals surface area contributed by atoms with Crippen LogP contribution in [0, 0.1) is 0 Å². The second-order valence-electron chi connectivity index (χ2n) is 13.1. The van der Waals surface area contributed by atoms with Crippen molar-refractivity contribution in [1.29, 1.82) is 0 Å². The third-order valence-corrected chi connectivity index (χ3v) is 9.95. The molecule has 6 aromatic rings. The minimum Gasteiger partial charge on any atom is -0.508 e. The number of aliphatic imine (C=N–C) groups is 2. The van der Waals surface area contributed by atoms with Crippen molar-refractivity contribution < 1.29 is 20.4 Å². The lowest BCUT2D eigenvalue weighted by Gasteiger charge is -2.38. The Morgan fingerprint density at radius 2 is 1.12 bits per heavy atom. The summed E-state index contributed by atoms with van der Waals surface area (Å²) >= 11 is 0. The van der Waals surface area contributed by atoms with Crippen LogP contribution in [0.4, 0.5) is 0 Å². The first-order chi connectivity index (χ1) is 25.3. The highest BCUT2D eigenvalue weighted by Crippen LogP contribution is 2.47. The van der Waals surface area contributed by atoms with Gasteiger partial charge in [-0.25, -0.2) is 4.99 Å². The number of aromatic hydroxyl groups is 4. The fraction of sp³-hybridized carbons (Fsp3) is 0.0455. The number of allylic oxidation sites excluding steroid dienone is 4. The Morgan fingerprint density at radius 3 is 1.73 bits per heavy atom. The molecule has 2 aromatic heterocycles. The maximum Gasteiger partial charge on any atom is 0.115 e. The van der Waals surface area contributed by atoms with E-state index in [0.29, 0.717) is 0 Å². The van der Waals surface area contributed by atoms with E-state index < -0.39 is 11.5 Å². The molecule has 8 nitrogen and oxygen atoms in total. The maximum absolute atomic E-state index is 10.4. The van der Waals surface area contributed by atoms with Gasteiger partial charge in [-0.2, -0.15) is 0 Å². The van der Waals surface area contributed by atoms with Gasteiger partial charge in [0.2, 0.25) is 0 Å². The van der Waals surface area contributed by atoms with Gasteiger partial charge in [0.05, 0.1) is 28.6 Å². The number of fused-ring (bicyclic) bond motifs is 6. The quantitative estimate of drug-likeness (QED) is 0.129. The Labute approximate surface area is 298 Å². The van der Waals surface area contributed by atoms with Crippen molar-refractivity contribution in [2.75, 3.05) is 0 Å². The molecule has 0 radical (unpaired) electrons. The highest BCUT2D eigenvalue weighted by molar-refractivity contribution is 6.32. The van der Waals surface area contributed by atoms with Crippen molar-refractivity contribution >= 4 is 28.6 Å². The molecule has 252 valence electrons. The first-order valence-corrected chi connectivity index (χ1v) is 16.9. The van der Waals surface area contributed by atoms with Crippen molar-refractivity contribution in [3.63, 3.8) is 0 Å². The molecule has 9 rings (SSSR count). The summed E-state index contributed by atoms with van der Waals surface area (Å²) in [6.45, 7) is 0. The molecule has 0 fully saturated rings. The standard InChI is InChI=1S/C44H32N4O4/c49-32-11-1-26(2-12-32)42-36-19-9-30(45-36)25-31-10-20-37(46-31)43(27-3-13-33(50)14-4-27)39-22-24-41(48-39)44(40-23-21-38(42)47-40,28-5-15-34(51)16-6-28)29-7-17-35(52)18-8-29/h1-25,40,46,48-52H. The smallest absolute Gasteiger partial charge is 0.115 e. The van der Waals surface area contributed by atoms with Crippen LogP contribution in [-0.4, -0.2) is 47.9 Å². The van der Waals surface area contributed by atoms with Crippen LogP contribution >= 0.6 is 0 Å². The lowest BCUT2D eigenvalue weighted by atomic mass is 9.67. The predicted molar refractivity (Wildman–Crippen MR) is 203 cm³/mol. The first-order valence-electron chi connectivity index (χ1n) is 16.9. The van der Waals surface area contributed by atoms with E-state index in [2.05, 4.69) is 28.2 Å². The van der Waals surface area contributed by atoms with E-state index in [1.54, 1.807) is 48.5 Å². The topological polar surface area (TPSA) is 137 Å². The molecule has 0 saturated carbocycles. The zero-order chi connectivity index (χ0) is 35.4. The summed E-state index contributed by atoms with van der Waals surface area (Å²) in [5.41, 5.74) is 8.11. The lowest BCUT2D eigenvalue weighted by molar-refractivity contribution is 0.471. The molecule has 8 bridgehead atoms. The molecule has 0 spiro atoms. The number of aromatic amines is 2. The van der Waals surface area contributed by atoms with E-state index in [9.17, 15) is 20.4 Å². The van der Waals surface area contributed by atoms with Gasteiger partial charge in [-0.1, -0.05) is 54.6 Å². The summed E-state index contributed by atoms with van der Waals surface area (Å²) in [6.07, 6.45) is 10.1. The summed E-state index contributed by atoms with van der Waals surface area (Å²) in [4.78, 5) is 17.9. The summed E-state index contributed by atoms with van der Waals surface area (Å²) in [7, 11) is 0. The summed E-state index contributed by atoms with van der Waals surface area (Å²) < 4.78 is 0. The number of hydrogen-bond donors (Lipinski definition) is 6. The largest absolute Gasteiger partial charge is 0.508 e. The number of benzene rings is 4. The van der Waals surface area contributed by atoms with Crippen LogP contribution in [0.15, 0.2) is 161 Å². The monoisotopic (exact) mass is 680 g/mol. The van der Waals surface area contributed by atoms with Gasteiger partial charge < -0.3 is 30.4 Å². The molecule has 4 aromatic carbocycles. The van der Waals surface area contributed by atoms with E-state index >= 15 is 0 Å². The second kappa shape index (κ2) is 12.1. The molecule has 8 heteroatoms. The summed E-state index contributed by atoms with van der Waals surface area (Å²) in [6, 6.07) is 36.2. The van der Waals surface area contributed by atoms with E-state index in [-0.39, 0.29) is 23.0 Å². The fourth-order valence-electron chi connectivity index (χ4n) is 7.54. The fourth-order valence-corrected chi connectivity index (χ4v) is 7.54. The summed E-state index contributed by atoms with van der Waals surface area (Å²) in [5.74, 6) is 0.613. The van der Waals surface area contributed by atoms with Gasteiger partial charge in [0.15, 0.2) is 0 Å². The number of phenolic OH excluding ortho intramolecular Hbond substituents is 4. The number of aromatic nitrogens is 2. The van der Waals surface area contributed by atoms with E-state index in [0.717, 1.165) is 72.6 Å². The van der Waals surface area contributed by atoms with Crippen LogP contribution in [-0.2, 0) is 5.41 Å². The number of H-pyrrole nitrogens is 2. The summed E-state index contributed by atoms with van der Waals surface area (Å²) in [5, 5.41) is 43.0. The number of phenols is 4. The predicted octanol–water partition coefficient (Wildman–Crippen LogP) is 6.34. The SMILES string of the molecule is Oc1ccc(C2=C3C=CC(=N3)C=c3ccc([nH]3)=C(c3ccc(O)cc3)c3ccc([nH]3)C(c3ccc(O)cc3)(c3ccc(O)cc3)C3C=CC2=N3)cc1. The zero-order valence-electron chi connectivity index (χ0n) is 27.7. The zero-order valence-corrected chi connectivity index (χ0v) is 27.7. The molecule has 0 saturated heterocycles. The third-order valence-electron chi connectivity index (χ3n) is 9.95. The molecule has 0 amide bonds. The highest BCUT2D eigenvalue weighted by Gasteiger charge is 2.46. The molecule has 3 aliphatic rings. The van der Waals surface area contributed by atoms with Crippen LogP contribution in [0.5, 0.6) is 23.0 Å². The Morgan fingerprint density at radius 1 is 0.538 bits per heavy atom. The van der Waals surface area contributed by atoms with Gasteiger partial charge in [0.25, 0.3) is 0 Å². The second-order valence-corrected chi connectivity index (χ2v) is 13.1. The van der Waals surface area contributed by atoms with Gasteiger partial charge in [-0.15, -0.1) is 0 Å². The molecule has 1 unspecified atom stereocenters. The van der Waals surface area contributed by atoms with Gasteiger partial charge in [-0.3, -0.25) is 4.99 Å². The first kappa shape index (κ1) is 31.0. The molecular formula is C44H32N4O4. The molecular weight excluding hydrogens is 649 g/mol. The van der Waals surface area contributed by atoms with Gasteiger partial charge in [0, 0.05) is 33.2 Å². The number of nitrogens with one attached hydrogen (secondary N) is 2. The average Bonchev–Trinajstić information content (AvgIpc) is 3.99. The molecule has 52 heavy (non-hydrogen) atoms. The van der Waals surface area contributed by atoms with Crippen molar-refractivity contribution in [3.05, 3.63) is 196 Å². The highest BCUT2D eigenvalue weighted by atomic mass is 16.3. The van der Waals surface area contributed by atoms with Crippen molar-refractivity contribution in [2.45, 2.75) is 11.5 Å². The Balaban J connectivity index is 1.40. The lowest BCUT2D eigenvalue weighted by Crippen LogP contribution is -2.40. The van der Waals surface area contributed by atoms with Crippen LogP contribution in [0.2, 0.25) is 0 Å². The minimum absolute atomic E-state index is 0.138. The van der Waals surface area contributed by atoms with Crippen molar-refractivity contribution in [1.82, 2.24) is 9.97 Å². The van der Waals surface area contributed by atoms with Gasteiger partial charge in [0.1, 0.15) is 23.0 Å². The van der Waals surface area contributed by atoms with Crippen molar-refractivity contribution in [3.8, 4) is 23.0 Å². The molecule has 6 N–H and O–H groups in total.